The van der Waals surface area contributed by atoms with Crippen LogP contribution >= 0.6 is 0 Å². The molecule has 0 spiro atoms. The summed E-state index contributed by atoms with van der Waals surface area (Å²) in [6.45, 7) is 4.45. The molecule has 1 aromatic rings. The Hall–Kier alpha value is -0.910. The maximum atomic E-state index is 12.7. The van der Waals surface area contributed by atoms with E-state index in [4.69, 9.17) is 5.73 Å². The Morgan fingerprint density at radius 2 is 2.00 bits per heavy atom. The molecule has 3 N–H and O–H groups in total. The molecule has 2 atom stereocenters. The van der Waals surface area contributed by atoms with Gasteiger partial charge in [0, 0.05) is 12.6 Å². The van der Waals surface area contributed by atoms with E-state index >= 15 is 0 Å². The van der Waals surface area contributed by atoms with Crippen LogP contribution in [0.1, 0.15) is 50.7 Å². The normalized spacial score (nSPS) is 23.2. The van der Waals surface area contributed by atoms with E-state index in [2.05, 4.69) is 11.6 Å². The Morgan fingerprint density at radius 3 is 2.62 bits per heavy atom. The predicted molar refractivity (Wildman–Crippen MR) is 85.5 cm³/mol. The highest BCUT2D eigenvalue weighted by Crippen LogP contribution is 2.26. The van der Waals surface area contributed by atoms with Crippen molar-refractivity contribution in [3.05, 3.63) is 29.3 Å². The lowest BCUT2D eigenvalue weighted by Gasteiger charge is -2.29. The second-order valence-electron chi connectivity index (χ2n) is 5.99. The summed E-state index contributed by atoms with van der Waals surface area (Å²) in [6.07, 6.45) is 5.01. The Labute approximate surface area is 128 Å². The van der Waals surface area contributed by atoms with Crippen LogP contribution in [0, 0.1) is 5.92 Å². The third kappa shape index (κ3) is 3.84. The van der Waals surface area contributed by atoms with E-state index in [0.717, 1.165) is 30.4 Å². The number of hydrogen-bond acceptors (Lipinski definition) is 3. The van der Waals surface area contributed by atoms with Crippen LogP contribution in [0.3, 0.4) is 0 Å². The van der Waals surface area contributed by atoms with Gasteiger partial charge in [0.25, 0.3) is 0 Å². The smallest absolute Gasteiger partial charge is 0.241 e. The van der Waals surface area contributed by atoms with Crippen molar-refractivity contribution in [3.63, 3.8) is 0 Å². The van der Waals surface area contributed by atoms with Gasteiger partial charge in [0.1, 0.15) is 0 Å². The molecule has 1 aliphatic carbocycles. The van der Waals surface area contributed by atoms with Gasteiger partial charge in [-0.2, -0.15) is 0 Å². The summed E-state index contributed by atoms with van der Waals surface area (Å²) in [7, 11) is -3.47. The van der Waals surface area contributed by atoms with Crippen molar-refractivity contribution in [2.75, 3.05) is 0 Å². The molecule has 0 radical (unpaired) electrons. The summed E-state index contributed by atoms with van der Waals surface area (Å²) >= 11 is 0. The standard InChI is InChI=1S/C16H26N2O2S/c1-3-14-9-8-13(11-17)10-16(14)21(19,20)18-15-7-5-4-6-12(15)2/h8-10,12,15,18H,3-7,11,17H2,1-2H3. The molecule has 0 amide bonds. The van der Waals surface area contributed by atoms with Gasteiger partial charge in [0.15, 0.2) is 0 Å². The number of nitrogens with two attached hydrogens (primary N) is 1. The fourth-order valence-corrected chi connectivity index (χ4v) is 4.76. The van der Waals surface area contributed by atoms with E-state index < -0.39 is 10.0 Å². The van der Waals surface area contributed by atoms with Gasteiger partial charge in [-0.3, -0.25) is 0 Å². The van der Waals surface area contributed by atoms with Crippen LogP contribution in [0.5, 0.6) is 0 Å². The summed E-state index contributed by atoms with van der Waals surface area (Å²) in [5.74, 6) is 0.399. The molecular formula is C16H26N2O2S. The van der Waals surface area contributed by atoms with E-state index in [9.17, 15) is 8.42 Å². The minimum absolute atomic E-state index is 0.0509. The Bertz CT molecular complexity index is 584. The molecule has 0 saturated heterocycles. The minimum atomic E-state index is -3.47. The van der Waals surface area contributed by atoms with Crippen molar-refractivity contribution in [2.24, 2.45) is 11.7 Å². The van der Waals surface area contributed by atoms with E-state index in [-0.39, 0.29) is 6.04 Å². The lowest BCUT2D eigenvalue weighted by Crippen LogP contribution is -2.41. The van der Waals surface area contributed by atoms with Gasteiger partial charge in [0.05, 0.1) is 4.90 Å². The SMILES string of the molecule is CCc1ccc(CN)cc1S(=O)(=O)NC1CCCCC1C. The van der Waals surface area contributed by atoms with Crippen LogP contribution in [0.15, 0.2) is 23.1 Å². The second kappa shape index (κ2) is 6.90. The van der Waals surface area contributed by atoms with Crippen LogP contribution in [0.25, 0.3) is 0 Å². The van der Waals surface area contributed by atoms with Crippen LogP contribution in [0.2, 0.25) is 0 Å². The molecule has 1 fully saturated rings. The molecule has 0 aliphatic heterocycles. The molecule has 1 aromatic carbocycles. The molecule has 4 nitrogen and oxygen atoms in total. The first-order chi connectivity index (χ1) is 9.97. The van der Waals surface area contributed by atoms with Gasteiger partial charge >= 0.3 is 0 Å². The molecule has 2 rings (SSSR count). The van der Waals surface area contributed by atoms with E-state index in [1.54, 1.807) is 6.07 Å². The number of hydrogen-bond donors (Lipinski definition) is 2. The minimum Gasteiger partial charge on any atom is -0.326 e. The monoisotopic (exact) mass is 310 g/mol. The van der Waals surface area contributed by atoms with Crippen molar-refractivity contribution in [3.8, 4) is 0 Å². The first-order valence-electron chi connectivity index (χ1n) is 7.82. The Morgan fingerprint density at radius 1 is 1.29 bits per heavy atom. The van der Waals surface area contributed by atoms with Crippen LogP contribution in [-0.4, -0.2) is 14.5 Å². The molecular weight excluding hydrogens is 284 g/mol. The number of aryl methyl sites for hydroxylation is 1. The Kier molecular flexibility index (Phi) is 5.41. The first kappa shape index (κ1) is 16.5. The van der Waals surface area contributed by atoms with Gasteiger partial charge in [0.2, 0.25) is 10.0 Å². The van der Waals surface area contributed by atoms with Gasteiger partial charge in [-0.25, -0.2) is 13.1 Å². The van der Waals surface area contributed by atoms with E-state index in [1.165, 1.54) is 6.42 Å². The Balaban J connectivity index is 2.30. The summed E-state index contributed by atoms with van der Waals surface area (Å²) < 4.78 is 28.4. The lowest BCUT2D eigenvalue weighted by molar-refractivity contribution is 0.310. The maximum absolute atomic E-state index is 12.7. The average Bonchev–Trinajstić information content (AvgIpc) is 2.48. The largest absolute Gasteiger partial charge is 0.326 e. The van der Waals surface area contributed by atoms with Crippen LogP contribution < -0.4 is 10.5 Å². The number of benzene rings is 1. The highest BCUT2D eigenvalue weighted by molar-refractivity contribution is 7.89. The summed E-state index contributed by atoms with van der Waals surface area (Å²) in [5.41, 5.74) is 7.35. The molecule has 0 aromatic heterocycles. The highest BCUT2D eigenvalue weighted by atomic mass is 32.2. The van der Waals surface area contributed by atoms with Crippen LogP contribution in [-0.2, 0) is 23.0 Å². The molecule has 118 valence electrons. The molecule has 1 saturated carbocycles. The van der Waals surface area contributed by atoms with Gasteiger partial charge in [-0.15, -0.1) is 0 Å². The third-order valence-corrected chi connectivity index (χ3v) is 6.03. The second-order valence-corrected chi connectivity index (χ2v) is 7.67. The average molecular weight is 310 g/mol. The topological polar surface area (TPSA) is 72.2 Å². The molecule has 0 heterocycles. The van der Waals surface area contributed by atoms with Gasteiger partial charge < -0.3 is 5.73 Å². The predicted octanol–water partition coefficient (Wildman–Crippen LogP) is 2.56. The first-order valence-corrected chi connectivity index (χ1v) is 9.30. The van der Waals surface area contributed by atoms with Gasteiger partial charge in [-0.1, -0.05) is 38.8 Å². The van der Waals surface area contributed by atoms with Crippen molar-refractivity contribution >= 4 is 10.0 Å². The van der Waals surface area contributed by atoms with E-state index in [0.29, 0.717) is 23.8 Å². The highest BCUT2D eigenvalue weighted by Gasteiger charge is 2.27. The zero-order chi connectivity index (χ0) is 15.5. The zero-order valence-electron chi connectivity index (χ0n) is 12.9. The molecule has 5 heteroatoms. The van der Waals surface area contributed by atoms with Crippen LogP contribution in [0.4, 0.5) is 0 Å². The number of rotatable bonds is 5. The van der Waals surface area contributed by atoms with Gasteiger partial charge in [-0.05, 0) is 42.4 Å². The van der Waals surface area contributed by atoms with Crippen molar-refractivity contribution in [2.45, 2.75) is 63.4 Å². The molecule has 0 bridgehead atoms. The fraction of sp³-hybridized carbons (Fsp3) is 0.625. The summed E-state index contributed by atoms with van der Waals surface area (Å²) in [5, 5.41) is 0. The molecule has 21 heavy (non-hydrogen) atoms. The zero-order valence-corrected chi connectivity index (χ0v) is 13.7. The quantitative estimate of drug-likeness (QED) is 0.878. The summed E-state index contributed by atoms with van der Waals surface area (Å²) in [6, 6.07) is 5.55. The maximum Gasteiger partial charge on any atom is 0.241 e. The number of sulfonamides is 1. The molecule has 1 aliphatic rings. The van der Waals surface area contributed by atoms with Crippen molar-refractivity contribution in [1.82, 2.24) is 4.72 Å². The summed E-state index contributed by atoms with van der Waals surface area (Å²) in [4.78, 5) is 0.394. The fourth-order valence-electron chi connectivity index (χ4n) is 3.02. The van der Waals surface area contributed by atoms with Crippen molar-refractivity contribution in [1.29, 1.82) is 0 Å². The number of nitrogens with one attached hydrogen (secondary N) is 1. The van der Waals surface area contributed by atoms with Crippen molar-refractivity contribution < 1.29 is 8.42 Å². The van der Waals surface area contributed by atoms with E-state index in [1.807, 2.05) is 19.1 Å². The molecule has 2 unspecified atom stereocenters. The third-order valence-electron chi connectivity index (χ3n) is 4.46. The lowest BCUT2D eigenvalue weighted by atomic mass is 9.87.